The van der Waals surface area contributed by atoms with Crippen LogP contribution in [0, 0.1) is 17.0 Å². The molecule has 15 heteroatoms. The first-order valence-electron chi connectivity index (χ1n) is 13.8. The average Bonchev–Trinajstić information content (AvgIpc) is 3.00. The maximum atomic E-state index is 15.3. The maximum Gasteiger partial charge on any atom is 0.335 e. The van der Waals surface area contributed by atoms with E-state index < -0.39 is 44.2 Å². The molecule has 0 aliphatic carbocycles. The molecule has 0 unspecified atom stereocenters. The number of ether oxygens (including phenoxy) is 1. The second-order valence-corrected chi connectivity index (χ2v) is 12.3. The molecule has 234 valence electrons. The molecule has 3 heterocycles. The van der Waals surface area contributed by atoms with Gasteiger partial charge in [0, 0.05) is 56.1 Å². The van der Waals surface area contributed by atoms with Crippen LogP contribution in [0.1, 0.15) is 17.3 Å². The fraction of sp³-hybridized carbons (Fsp3) is 0.200. The fourth-order valence-corrected chi connectivity index (χ4v) is 5.91. The maximum absolute atomic E-state index is 15.3. The topological polar surface area (TPSA) is 156 Å². The summed E-state index contributed by atoms with van der Waals surface area (Å²) in [6.45, 7) is 2.33. The van der Waals surface area contributed by atoms with Crippen molar-refractivity contribution in [3.63, 3.8) is 0 Å². The molecule has 0 bridgehead atoms. The highest BCUT2D eigenvalue weighted by molar-refractivity contribution is 7.91. The summed E-state index contributed by atoms with van der Waals surface area (Å²) in [4.78, 5) is 41.1. The summed E-state index contributed by atoms with van der Waals surface area (Å²) in [5.74, 6) is -2.37. The molecule has 3 aromatic rings. The number of carbonyl (C=O) groups is 1. The van der Waals surface area contributed by atoms with Crippen molar-refractivity contribution in [1.29, 1.82) is 5.41 Å². The van der Waals surface area contributed by atoms with E-state index in [2.05, 4.69) is 10.6 Å². The fourth-order valence-electron chi connectivity index (χ4n) is 4.71. The van der Waals surface area contributed by atoms with Gasteiger partial charge in [0.2, 0.25) is 0 Å². The molecule has 0 atom stereocenters. The van der Waals surface area contributed by atoms with Gasteiger partial charge in [0.25, 0.3) is 11.5 Å². The highest BCUT2D eigenvalue weighted by Crippen LogP contribution is 2.28. The van der Waals surface area contributed by atoms with E-state index in [4.69, 9.17) is 10.1 Å². The van der Waals surface area contributed by atoms with Crippen LogP contribution < -0.4 is 26.6 Å². The Morgan fingerprint density at radius 1 is 1.11 bits per heavy atom. The van der Waals surface area contributed by atoms with Crippen molar-refractivity contribution < 1.29 is 26.7 Å². The number of allylic oxidation sites excluding steroid dienone is 2. The summed E-state index contributed by atoms with van der Waals surface area (Å²) in [7, 11) is -3.10. The van der Waals surface area contributed by atoms with Gasteiger partial charge in [0.1, 0.15) is 11.4 Å². The van der Waals surface area contributed by atoms with Crippen molar-refractivity contribution >= 4 is 27.6 Å². The first-order chi connectivity index (χ1) is 21.5. The summed E-state index contributed by atoms with van der Waals surface area (Å²) in [5, 5.41) is 12.9. The minimum atomic E-state index is -3.10. The molecule has 0 saturated carbocycles. The molecule has 1 amide bonds. The summed E-state index contributed by atoms with van der Waals surface area (Å²) < 4.78 is 60.1. The second kappa shape index (κ2) is 12.7. The SMILES string of the molecule is CCn1cc(C(=O)Nc2ccc(OC3=CC(N4CCS(=O)(=O)CC4)=CN/C3=C\C=N)c(F)c2)c(=O)n(-c2ccc(F)cc2)c1=O. The van der Waals surface area contributed by atoms with Crippen LogP contribution >= 0.6 is 0 Å². The molecular weight excluding hydrogens is 610 g/mol. The molecule has 0 radical (unpaired) electrons. The van der Waals surface area contributed by atoms with E-state index in [1.807, 2.05) is 4.90 Å². The highest BCUT2D eigenvalue weighted by Gasteiger charge is 2.25. The summed E-state index contributed by atoms with van der Waals surface area (Å²) in [6.07, 6.45) is 6.78. The van der Waals surface area contributed by atoms with E-state index in [0.29, 0.717) is 11.4 Å². The molecule has 1 fully saturated rings. The molecule has 1 saturated heterocycles. The van der Waals surface area contributed by atoms with Gasteiger partial charge in [-0.15, -0.1) is 0 Å². The van der Waals surface area contributed by atoms with Gasteiger partial charge in [-0.25, -0.2) is 26.6 Å². The molecule has 0 spiro atoms. The van der Waals surface area contributed by atoms with Gasteiger partial charge in [-0.2, -0.15) is 0 Å². The Balaban J connectivity index is 1.38. The summed E-state index contributed by atoms with van der Waals surface area (Å²) in [5.41, 5.74) is -1.01. The molecular formula is C30H28F2N6O6S. The highest BCUT2D eigenvalue weighted by atomic mass is 32.2. The zero-order valence-corrected chi connectivity index (χ0v) is 24.7. The number of hydrogen-bond donors (Lipinski definition) is 3. The Labute approximate surface area is 256 Å². The third-order valence-corrected chi connectivity index (χ3v) is 8.72. The van der Waals surface area contributed by atoms with E-state index in [1.54, 1.807) is 19.2 Å². The molecule has 2 aliphatic rings. The van der Waals surface area contributed by atoms with Gasteiger partial charge in [0.05, 0.1) is 28.6 Å². The third-order valence-electron chi connectivity index (χ3n) is 7.11. The Morgan fingerprint density at radius 3 is 2.47 bits per heavy atom. The van der Waals surface area contributed by atoms with Gasteiger partial charge < -0.3 is 25.7 Å². The average molecular weight is 639 g/mol. The number of halogens is 2. The smallest absolute Gasteiger partial charge is 0.335 e. The predicted octanol–water partition coefficient (Wildman–Crippen LogP) is 2.52. The number of nitrogens with one attached hydrogen (secondary N) is 3. The largest absolute Gasteiger partial charge is 0.452 e. The van der Waals surface area contributed by atoms with Crippen molar-refractivity contribution in [3.05, 3.63) is 122 Å². The first-order valence-corrected chi connectivity index (χ1v) is 15.6. The third kappa shape index (κ3) is 6.77. The van der Waals surface area contributed by atoms with Crippen LogP contribution in [-0.2, 0) is 16.4 Å². The quantitative estimate of drug-likeness (QED) is 0.318. The van der Waals surface area contributed by atoms with Gasteiger partial charge in [0.15, 0.2) is 27.2 Å². The monoisotopic (exact) mass is 638 g/mol. The van der Waals surface area contributed by atoms with Crippen molar-refractivity contribution in [2.45, 2.75) is 13.5 Å². The Morgan fingerprint density at radius 2 is 1.82 bits per heavy atom. The number of aromatic nitrogens is 2. The number of dihydropyridines is 1. The molecule has 5 rings (SSSR count). The van der Waals surface area contributed by atoms with Crippen LogP contribution in [0.2, 0.25) is 0 Å². The zero-order valence-electron chi connectivity index (χ0n) is 23.9. The lowest BCUT2D eigenvalue weighted by molar-refractivity contribution is 0.102. The van der Waals surface area contributed by atoms with Crippen molar-refractivity contribution in [3.8, 4) is 11.4 Å². The van der Waals surface area contributed by atoms with Crippen LogP contribution in [0.5, 0.6) is 5.75 Å². The molecule has 2 aromatic carbocycles. The standard InChI is InChI=1S/C30H28F2N6O6S/c1-2-36-18-23(29(40)38(30(36)41)21-6-3-19(31)4-7-21)28(39)35-20-5-8-26(24(32)15-20)44-27-16-22(17-34-25(27)9-10-33)37-11-13-45(42,43)14-12-37/h3-10,15-18,33-34H,2,11-14H2,1H3,(H,35,39)/b25-9-,33-10?. The minimum Gasteiger partial charge on any atom is -0.452 e. The number of anilines is 1. The van der Waals surface area contributed by atoms with Crippen molar-refractivity contribution in [1.82, 2.24) is 19.4 Å². The first kappa shape index (κ1) is 31.1. The van der Waals surface area contributed by atoms with E-state index in [9.17, 15) is 27.2 Å². The number of nitrogens with zero attached hydrogens (tertiary/aromatic N) is 3. The number of amides is 1. The van der Waals surface area contributed by atoms with Gasteiger partial charge in [-0.3, -0.25) is 14.2 Å². The van der Waals surface area contributed by atoms with E-state index in [-0.39, 0.29) is 54.0 Å². The zero-order chi connectivity index (χ0) is 32.3. The molecule has 45 heavy (non-hydrogen) atoms. The van der Waals surface area contributed by atoms with Crippen molar-refractivity contribution in [2.24, 2.45) is 0 Å². The minimum absolute atomic E-state index is 0.00106. The van der Waals surface area contributed by atoms with E-state index in [0.717, 1.165) is 39.7 Å². The van der Waals surface area contributed by atoms with Crippen LogP contribution in [0.3, 0.4) is 0 Å². The second-order valence-electron chi connectivity index (χ2n) is 10.0. The van der Waals surface area contributed by atoms with E-state index >= 15 is 4.39 Å². The number of aryl methyl sites for hydroxylation is 1. The predicted molar refractivity (Wildman–Crippen MR) is 163 cm³/mol. The van der Waals surface area contributed by atoms with Crippen LogP contribution in [0.4, 0.5) is 14.5 Å². The number of hydrogen-bond acceptors (Lipinski definition) is 9. The molecule has 1 aromatic heterocycles. The van der Waals surface area contributed by atoms with Crippen molar-refractivity contribution in [2.75, 3.05) is 29.9 Å². The lowest BCUT2D eigenvalue weighted by Crippen LogP contribution is -2.42. The van der Waals surface area contributed by atoms with Crippen LogP contribution in [0.15, 0.2) is 93.8 Å². The Hall–Kier alpha value is -5.31. The summed E-state index contributed by atoms with van der Waals surface area (Å²) >= 11 is 0. The number of sulfone groups is 1. The Bertz CT molecular complexity index is 1980. The molecule has 2 aliphatic heterocycles. The van der Waals surface area contributed by atoms with Crippen LogP contribution in [-0.4, -0.2) is 59.2 Å². The van der Waals surface area contributed by atoms with Gasteiger partial charge >= 0.3 is 5.69 Å². The van der Waals surface area contributed by atoms with Crippen LogP contribution in [0.25, 0.3) is 5.69 Å². The lowest BCUT2D eigenvalue weighted by Gasteiger charge is -2.31. The lowest BCUT2D eigenvalue weighted by atomic mass is 10.2. The number of rotatable bonds is 8. The number of carbonyl (C=O) groups excluding carboxylic acids is 1. The van der Waals surface area contributed by atoms with E-state index in [1.165, 1.54) is 30.3 Å². The number of benzene rings is 2. The van der Waals surface area contributed by atoms with Gasteiger partial charge in [-0.05, 0) is 49.4 Å². The molecule has 3 N–H and O–H groups in total. The molecule has 12 nitrogen and oxygen atoms in total. The summed E-state index contributed by atoms with van der Waals surface area (Å²) in [6, 6.07) is 8.25. The van der Waals surface area contributed by atoms with Gasteiger partial charge in [-0.1, -0.05) is 0 Å². The normalized spacial score (nSPS) is 16.8. The Kier molecular flexibility index (Phi) is 8.81.